The molecular weight excluding hydrogens is 357 g/mol. The molecule has 4 heteroatoms. The van der Waals surface area contributed by atoms with E-state index < -0.39 is 17.0 Å². The van der Waals surface area contributed by atoms with Crippen molar-refractivity contribution >= 4 is 11.6 Å². The molecule has 0 unspecified atom stereocenters. The van der Waals surface area contributed by atoms with Crippen LogP contribution in [0.3, 0.4) is 0 Å². The smallest absolute Gasteiger partial charge is 0.162 e. The van der Waals surface area contributed by atoms with Gasteiger partial charge in [-0.3, -0.25) is 0 Å². The second-order valence-electron chi connectivity index (χ2n) is 8.17. The normalized spacial score (nSPS) is 12.3. The molecule has 2 aromatic rings. The minimum atomic E-state index is -0.852. The molecule has 2 aromatic carbocycles. The van der Waals surface area contributed by atoms with E-state index in [0.717, 1.165) is 5.56 Å². The molecule has 0 heterocycles. The van der Waals surface area contributed by atoms with Crippen LogP contribution in [-0.4, -0.2) is 0 Å². The zero-order chi connectivity index (χ0) is 19.8. The Kier molecular flexibility index (Phi) is 6.12. The maximum absolute atomic E-state index is 14.7. The topological polar surface area (TPSA) is 0 Å². The maximum atomic E-state index is 14.7. The second kappa shape index (κ2) is 7.64. The Bertz CT molecular complexity index is 808. The van der Waals surface area contributed by atoms with Crippen LogP contribution in [0.5, 0.6) is 0 Å². The Hall–Kier alpha value is -1.48. The zero-order valence-electron chi connectivity index (χ0n) is 16.2. The van der Waals surface area contributed by atoms with E-state index in [2.05, 4.69) is 0 Å². The van der Waals surface area contributed by atoms with Gasteiger partial charge >= 0.3 is 0 Å². The van der Waals surface area contributed by atoms with Gasteiger partial charge in [0.15, 0.2) is 11.6 Å². The summed E-state index contributed by atoms with van der Waals surface area (Å²) in [7, 11) is 0. The lowest BCUT2D eigenvalue weighted by Gasteiger charge is -2.27. The molecule has 0 aliphatic heterocycles. The highest BCUT2D eigenvalue weighted by atomic mass is 35.5. The Labute approximate surface area is 159 Å². The summed E-state index contributed by atoms with van der Waals surface area (Å²) in [5.74, 6) is -2.05. The number of hydrogen-bond donors (Lipinski definition) is 0. The summed E-state index contributed by atoms with van der Waals surface area (Å²) < 4.78 is 43.5. The lowest BCUT2D eigenvalue weighted by molar-refractivity contribution is 0.446. The van der Waals surface area contributed by atoms with E-state index in [-0.39, 0.29) is 29.6 Å². The van der Waals surface area contributed by atoms with Crippen molar-refractivity contribution in [3.63, 3.8) is 0 Å². The summed E-state index contributed by atoms with van der Waals surface area (Å²) in [6, 6.07) is 6.27. The van der Waals surface area contributed by atoms with Crippen molar-refractivity contribution in [1.29, 1.82) is 0 Å². The fraction of sp³-hybridized carbons (Fsp3) is 0.455. The molecule has 0 saturated heterocycles. The van der Waals surface area contributed by atoms with Gasteiger partial charge in [0.25, 0.3) is 0 Å². The fourth-order valence-electron chi connectivity index (χ4n) is 3.28. The molecule has 0 radical (unpaired) electrons. The van der Waals surface area contributed by atoms with Crippen LogP contribution in [0.25, 0.3) is 0 Å². The van der Waals surface area contributed by atoms with Crippen LogP contribution in [0.2, 0.25) is 5.02 Å². The van der Waals surface area contributed by atoms with Gasteiger partial charge in [-0.1, -0.05) is 65.3 Å². The molecule has 26 heavy (non-hydrogen) atoms. The summed E-state index contributed by atoms with van der Waals surface area (Å²) in [6.07, 6.45) is 0.169. The van der Waals surface area contributed by atoms with Gasteiger partial charge in [-0.05, 0) is 58.1 Å². The monoisotopic (exact) mass is 382 g/mol. The van der Waals surface area contributed by atoms with Crippen LogP contribution < -0.4 is 0 Å². The van der Waals surface area contributed by atoms with E-state index in [1.165, 1.54) is 6.07 Å². The lowest BCUT2D eigenvalue weighted by Crippen LogP contribution is -2.23. The van der Waals surface area contributed by atoms with Crippen LogP contribution in [0.4, 0.5) is 13.2 Å². The van der Waals surface area contributed by atoms with Crippen molar-refractivity contribution in [2.45, 2.75) is 65.2 Å². The number of benzene rings is 2. The summed E-state index contributed by atoms with van der Waals surface area (Å²) in [5.41, 5.74) is 0.984. The standard InChI is InChI=1S/C22H26ClF3/c1-12(2)15-8-7-14(20(25)21(15)26)11-22(5,6)17-10-18(23)16(13(3)4)9-19(17)24/h7-10,12-13H,11H2,1-6H3. The molecule has 2 rings (SSSR count). The molecule has 0 atom stereocenters. The van der Waals surface area contributed by atoms with Gasteiger partial charge in [-0.2, -0.15) is 0 Å². The first-order valence-electron chi connectivity index (χ1n) is 8.92. The van der Waals surface area contributed by atoms with Crippen molar-refractivity contribution < 1.29 is 13.2 Å². The highest BCUT2D eigenvalue weighted by molar-refractivity contribution is 6.31. The van der Waals surface area contributed by atoms with Crippen molar-refractivity contribution in [3.05, 3.63) is 69.0 Å². The molecule has 0 spiro atoms. The van der Waals surface area contributed by atoms with Crippen molar-refractivity contribution in [2.75, 3.05) is 0 Å². The molecule has 0 saturated carbocycles. The molecule has 0 aliphatic rings. The minimum absolute atomic E-state index is 0.101. The largest absolute Gasteiger partial charge is 0.207 e. The summed E-state index contributed by atoms with van der Waals surface area (Å²) in [5, 5.41) is 0.492. The SMILES string of the molecule is CC(C)c1cc(F)c(C(C)(C)Cc2ccc(C(C)C)c(F)c2F)cc1Cl. The van der Waals surface area contributed by atoms with Crippen LogP contribution in [-0.2, 0) is 11.8 Å². The van der Waals surface area contributed by atoms with Gasteiger partial charge < -0.3 is 0 Å². The summed E-state index contributed by atoms with van der Waals surface area (Å²) >= 11 is 6.32. The molecule has 0 aliphatic carbocycles. The summed E-state index contributed by atoms with van der Waals surface area (Å²) in [4.78, 5) is 0. The summed E-state index contributed by atoms with van der Waals surface area (Å²) in [6.45, 7) is 11.1. The first-order chi connectivity index (χ1) is 12.0. The third kappa shape index (κ3) is 4.09. The average Bonchev–Trinajstić information content (AvgIpc) is 2.52. The highest BCUT2D eigenvalue weighted by Crippen LogP contribution is 2.36. The average molecular weight is 383 g/mol. The van der Waals surface area contributed by atoms with Crippen LogP contribution in [0, 0.1) is 17.5 Å². The fourth-order valence-corrected chi connectivity index (χ4v) is 3.66. The Morgan fingerprint density at radius 2 is 1.46 bits per heavy atom. The van der Waals surface area contributed by atoms with Crippen molar-refractivity contribution in [2.24, 2.45) is 0 Å². The molecule has 0 nitrogen and oxygen atoms in total. The first-order valence-corrected chi connectivity index (χ1v) is 9.29. The predicted molar refractivity (Wildman–Crippen MR) is 103 cm³/mol. The molecule has 0 N–H and O–H groups in total. The van der Waals surface area contributed by atoms with E-state index in [1.54, 1.807) is 18.2 Å². The van der Waals surface area contributed by atoms with Gasteiger partial charge in [0.05, 0.1) is 0 Å². The molecule has 0 bridgehead atoms. The quantitative estimate of drug-likeness (QED) is 0.501. The Morgan fingerprint density at radius 3 is 2.00 bits per heavy atom. The van der Waals surface area contributed by atoms with Gasteiger partial charge in [0.1, 0.15) is 5.82 Å². The third-order valence-electron chi connectivity index (χ3n) is 4.88. The number of hydrogen-bond acceptors (Lipinski definition) is 0. The van der Waals surface area contributed by atoms with Gasteiger partial charge in [-0.15, -0.1) is 0 Å². The predicted octanol–water partition coefficient (Wildman–Crippen LogP) is 7.52. The molecule has 142 valence electrons. The highest BCUT2D eigenvalue weighted by Gasteiger charge is 2.28. The van der Waals surface area contributed by atoms with Crippen molar-refractivity contribution in [1.82, 2.24) is 0 Å². The minimum Gasteiger partial charge on any atom is -0.207 e. The zero-order valence-corrected chi connectivity index (χ0v) is 16.9. The molecule has 0 fully saturated rings. The van der Waals surface area contributed by atoms with E-state index in [9.17, 15) is 13.2 Å². The first kappa shape index (κ1) is 20.8. The number of halogens is 4. The van der Waals surface area contributed by atoms with E-state index in [1.807, 2.05) is 41.5 Å². The van der Waals surface area contributed by atoms with Crippen LogP contribution in [0.15, 0.2) is 24.3 Å². The van der Waals surface area contributed by atoms with Gasteiger partial charge in [-0.25, -0.2) is 13.2 Å². The third-order valence-corrected chi connectivity index (χ3v) is 5.21. The lowest BCUT2D eigenvalue weighted by atomic mass is 9.78. The molecule has 0 aromatic heterocycles. The van der Waals surface area contributed by atoms with E-state index in [0.29, 0.717) is 16.1 Å². The van der Waals surface area contributed by atoms with Gasteiger partial charge in [0, 0.05) is 5.02 Å². The van der Waals surface area contributed by atoms with Crippen LogP contribution >= 0.6 is 11.6 Å². The van der Waals surface area contributed by atoms with E-state index in [4.69, 9.17) is 11.6 Å². The second-order valence-corrected chi connectivity index (χ2v) is 8.57. The Morgan fingerprint density at radius 1 is 0.885 bits per heavy atom. The van der Waals surface area contributed by atoms with E-state index >= 15 is 0 Å². The molecular formula is C22H26ClF3. The van der Waals surface area contributed by atoms with Gasteiger partial charge in [0.2, 0.25) is 0 Å². The van der Waals surface area contributed by atoms with Crippen LogP contribution in [0.1, 0.15) is 75.6 Å². The number of rotatable bonds is 5. The van der Waals surface area contributed by atoms with Crippen molar-refractivity contribution in [3.8, 4) is 0 Å². The Balaban J connectivity index is 2.44. The maximum Gasteiger partial charge on any atom is 0.162 e. The molecule has 0 amide bonds.